The van der Waals surface area contributed by atoms with Crippen molar-refractivity contribution in [2.24, 2.45) is 5.84 Å². The van der Waals surface area contributed by atoms with Gasteiger partial charge in [0, 0.05) is 5.56 Å². The van der Waals surface area contributed by atoms with E-state index in [4.69, 9.17) is 5.84 Å². The summed E-state index contributed by atoms with van der Waals surface area (Å²) >= 11 is 0. The summed E-state index contributed by atoms with van der Waals surface area (Å²) < 4.78 is 24.5. The fourth-order valence-corrected chi connectivity index (χ4v) is 3.12. The average Bonchev–Trinajstić information content (AvgIpc) is 2.47. The largest absolute Gasteiger partial charge is 0.290 e. The highest BCUT2D eigenvalue weighted by atomic mass is 32.2. The van der Waals surface area contributed by atoms with Crippen LogP contribution in [0.4, 0.5) is 0 Å². The number of sulfone groups is 1. The molecular formula is C14H14N2O3S. The zero-order valence-electron chi connectivity index (χ0n) is 10.6. The molecule has 0 aliphatic heterocycles. The van der Waals surface area contributed by atoms with Gasteiger partial charge in [0.15, 0.2) is 9.84 Å². The number of hydrogen-bond donors (Lipinski definition) is 2. The van der Waals surface area contributed by atoms with Gasteiger partial charge >= 0.3 is 0 Å². The van der Waals surface area contributed by atoms with Crippen molar-refractivity contribution < 1.29 is 13.2 Å². The first-order chi connectivity index (χ1) is 9.53. The van der Waals surface area contributed by atoms with E-state index in [0.717, 1.165) is 5.56 Å². The van der Waals surface area contributed by atoms with Crippen molar-refractivity contribution in [3.63, 3.8) is 0 Å². The van der Waals surface area contributed by atoms with E-state index in [0.29, 0.717) is 5.56 Å². The molecule has 0 bridgehead atoms. The number of carbonyl (C=O) groups excluding carboxylic acids is 1. The summed E-state index contributed by atoms with van der Waals surface area (Å²) in [6, 6.07) is 14.6. The molecule has 0 saturated heterocycles. The van der Waals surface area contributed by atoms with E-state index in [1.54, 1.807) is 24.3 Å². The van der Waals surface area contributed by atoms with Crippen LogP contribution in [0.5, 0.6) is 0 Å². The molecule has 0 aliphatic carbocycles. The van der Waals surface area contributed by atoms with Gasteiger partial charge in [-0.2, -0.15) is 0 Å². The smallest absolute Gasteiger partial charge is 0.265 e. The normalized spacial score (nSPS) is 11.1. The third-order valence-corrected chi connectivity index (χ3v) is 4.51. The minimum atomic E-state index is -3.43. The molecule has 0 saturated carbocycles. The van der Waals surface area contributed by atoms with Crippen LogP contribution in [-0.4, -0.2) is 14.3 Å². The van der Waals surface area contributed by atoms with Gasteiger partial charge in [0.05, 0.1) is 10.6 Å². The summed E-state index contributed by atoms with van der Waals surface area (Å²) in [5, 5.41) is 0. The predicted octanol–water partition coefficient (Wildman–Crippen LogP) is 1.26. The molecule has 5 nitrogen and oxygen atoms in total. The van der Waals surface area contributed by atoms with Crippen LogP contribution < -0.4 is 11.3 Å². The van der Waals surface area contributed by atoms with Crippen LogP contribution in [0.15, 0.2) is 59.5 Å². The molecule has 0 aromatic heterocycles. The first kappa shape index (κ1) is 14.2. The first-order valence-electron chi connectivity index (χ1n) is 5.90. The number of amides is 1. The summed E-state index contributed by atoms with van der Waals surface area (Å²) in [4.78, 5) is 11.5. The van der Waals surface area contributed by atoms with Crippen LogP contribution in [0.1, 0.15) is 15.9 Å². The molecule has 0 heterocycles. The molecular weight excluding hydrogens is 276 g/mol. The summed E-state index contributed by atoms with van der Waals surface area (Å²) in [6.45, 7) is 0. The first-order valence-corrected chi connectivity index (χ1v) is 7.56. The maximum absolute atomic E-state index is 12.2. The number of nitrogen functional groups attached to an aromatic ring is 1. The fraction of sp³-hybridized carbons (Fsp3) is 0.0714. The molecule has 3 N–H and O–H groups in total. The van der Waals surface area contributed by atoms with Crippen LogP contribution >= 0.6 is 0 Å². The van der Waals surface area contributed by atoms with Crippen LogP contribution in [0.2, 0.25) is 0 Å². The third kappa shape index (κ3) is 3.23. The van der Waals surface area contributed by atoms with Crippen molar-refractivity contribution in [1.29, 1.82) is 0 Å². The fourth-order valence-electron chi connectivity index (χ4n) is 1.77. The van der Waals surface area contributed by atoms with Crippen LogP contribution in [0.25, 0.3) is 0 Å². The van der Waals surface area contributed by atoms with Crippen LogP contribution in [0, 0.1) is 0 Å². The van der Waals surface area contributed by atoms with Gasteiger partial charge in [0.2, 0.25) is 0 Å². The molecule has 2 aromatic carbocycles. The van der Waals surface area contributed by atoms with Crippen molar-refractivity contribution in [2.75, 3.05) is 0 Å². The maximum Gasteiger partial charge on any atom is 0.265 e. The number of benzene rings is 2. The Kier molecular flexibility index (Phi) is 4.16. The van der Waals surface area contributed by atoms with E-state index in [1.807, 2.05) is 11.5 Å². The van der Waals surface area contributed by atoms with Crippen molar-refractivity contribution >= 4 is 15.7 Å². The number of nitrogens with two attached hydrogens (primary N) is 1. The molecule has 0 radical (unpaired) electrons. The Balaban J connectivity index is 2.24. The molecule has 0 atom stereocenters. The van der Waals surface area contributed by atoms with E-state index in [1.165, 1.54) is 24.3 Å². The molecule has 2 rings (SSSR count). The minimum absolute atomic E-state index is 0.0731. The second-order valence-electron chi connectivity index (χ2n) is 4.24. The van der Waals surface area contributed by atoms with E-state index >= 15 is 0 Å². The molecule has 20 heavy (non-hydrogen) atoms. The second-order valence-corrected chi connectivity index (χ2v) is 6.23. The van der Waals surface area contributed by atoms with Gasteiger partial charge in [0.1, 0.15) is 0 Å². The van der Waals surface area contributed by atoms with E-state index in [2.05, 4.69) is 0 Å². The highest BCUT2D eigenvalue weighted by Gasteiger charge is 2.15. The van der Waals surface area contributed by atoms with Crippen LogP contribution in [0.3, 0.4) is 0 Å². The highest BCUT2D eigenvalue weighted by molar-refractivity contribution is 7.90. The van der Waals surface area contributed by atoms with E-state index in [-0.39, 0.29) is 10.6 Å². The number of carbonyl (C=O) groups is 1. The Morgan fingerprint density at radius 3 is 2.15 bits per heavy atom. The van der Waals surface area contributed by atoms with Gasteiger partial charge in [-0.15, -0.1) is 0 Å². The van der Waals surface area contributed by atoms with E-state index in [9.17, 15) is 13.2 Å². The van der Waals surface area contributed by atoms with Gasteiger partial charge in [0.25, 0.3) is 5.91 Å². The second kappa shape index (κ2) is 5.85. The summed E-state index contributed by atoms with van der Waals surface area (Å²) in [5.74, 6) is 4.48. The van der Waals surface area contributed by atoms with Gasteiger partial charge in [-0.3, -0.25) is 10.2 Å². The zero-order valence-corrected chi connectivity index (χ0v) is 11.4. The Bertz CT molecular complexity index is 695. The van der Waals surface area contributed by atoms with Gasteiger partial charge in [-0.05, 0) is 29.8 Å². The predicted molar refractivity (Wildman–Crippen MR) is 75.4 cm³/mol. The van der Waals surface area contributed by atoms with Gasteiger partial charge in [-0.25, -0.2) is 14.3 Å². The third-order valence-electron chi connectivity index (χ3n) is 2.81. The van der Waals surface area contributed by atoms with Gasteiger partial charge < -0.3 is 0 Å². The standard InChI is InChI=1S/C14H14N2O3S/c15-16-14(17)12-6-8-13(9-7-12)20(18,19)10-11-4-2-1-3-5-11/h1-9H,10,15H2,(H,16,17). The Labute approximate surface area is 117 Å². The lowest BCUT2D eigenvalue weighted by Crippen LogP contribution is -2.29. The molecule has 0 aliphatic rings. The Hall–Kier alpha value is -2.18. The number of rotatable bonds is 4. The topological polar surface area (TPSA) is 89.3 Å². The SMILES string of the molecule is NNC(=O)c1ccc(S(=O)(=O)Cc2ccccc2)cc1. The Morgan fingerprint density at radius 1 is 1.00 bits per heavy atom. The van der Waals surface area contributed by atoms with Gasteiger partial charge in [-0.1, -0.05) is 30.3 Å². The number of nitrogens with one attached hydrogen (secondary N) is 1. The zero-order chi connectivity index (χ0) is 14.6. The van der Waals surface area contributed by atoms with E-state index < -0.39 is 15.7 Å². The molecule has 1 amide bonds. The van der Waals surface area contributed by atoms with Crippen molar-refractivity contribution in [2.45, 2.75) is 10.6 Å². The highest BCUT2D eigenvalue weighted by Crippen LogP contribution is 2.17. The molecule has 0 fully saturated rings. The quantitative estimate of drug-likeness (QED) is 0.504. The molecule has 0 unspecified atom stereocenters. The number of hydrazine groups is 1. The number of hydrogen-bond acceptors (Lipinski definition) is 4. The monoisotopic (exact) mass is 290 g/mol. The minimum Gasteiger partial charge on any atom is -0.290 e. The lowest BCUT2D eigenvalue weighted by atomic mass is 10.2. The van der Waals surface area contributed by atoms with Crippen molar-refractivity contribution in [3.05, 3.63) is 65.7 Å². The molecule has 2 aromatic rings. The molecule has 104 valence electrons. The molecule has 6 heteroatoms. The molecule has 0 spiro atoms. The lowest BCUT2D eigenvalue weighted by molar-refractivity contribution is 0.0953. The van der Waals surface area contributed by atoms with Crippen molar-refractivity contribution in [1.82, 2.24) is 5.43 Å². The van der Waals surface area contributed by atoms with Crippen LogP contribution in [-0.2, 0) is 15.6 Å². The summed E-state index contributed by atoms with van der Waals surface area (Å²) in [6.07, 6.45) is 0. The average molecular weight is 290 g/mol. The van der Waals surface area contributed by atoms with Crippen molar-refractivity contribution in [3.8, 4) is 0 Å². The Morgan fingerprint density at radius 2 is 1.60 bits per heavy atom. The summed E-state index contributed by atoms with van der Waals surface area (Å²) in [7, 11) is -3.43. The summed E-state index contributed by atoms with van der Waals surface area (Å²) in [5.41, 5.74) is 3.02. The lowest BCUT2D eigenvalue weighted by Gasteiger charge is -2.06. The maximum atomic E-state index is 12.2.